The van der Waals surface area contributed by atoms with Crippen molar-refractivity contribution < 1.29 is 9.90 Å². The molecule has 0 atom stereocenters. The fourth-order valence-electron chi connectivity index (χ4n) is 0.377. The molecule has 0 saturated carbocycles. The molecular weight excluding hydrogens is 136 g/mol. The van der Waals surface area contributed by atoms with Crippen LogP contribution in [0, 0.1) is 0 Å². The first kappa shape index (κ1) is 8.56. The average Bonchev–Trinajstić information content (AvgIpc) is 1.80. The van der Waals surface area contributed by atoms with E-state index < -0.39 is 5.97 Å². The minimum Gasteiger partial charge on any atom is -0.481 e. The number of hydrogen-bond donors (Lipinski definition) is 2. The summed E-state index contributed by atoms with van der Waals surface area (Å²) in [6.07, 6.45) is 4.42. The Morgan fingerprint density at radius 1 is 1.56 bits per heavy atom. The second-order valence-electron chi connectivity index (χ2n) is 1.58. The van der Waals surface area contributed by atoms with Gasteiger partial charge in [0.15, 0.2) is 0 Å². The van der Waals surface area contributed by atoms with Crippen LogP contribution in [0.15, 0.2) is 12.2 Å². The quantitative estimate of drug-likeness (QED) is 0.464. The van der Waals surface area contributed by atoms with E-state index in [9.17, 15) is 4.79 Å². The zero-order valence-electron chi connectivity index (χ0n) is 5.08. The van der Waals surface area contributed by atoms with E-state index in [1.807, 2.05) is 6.08 Å². The molecule has 0 aromatic heterocycles. The highest BCUT2D eigenvalue weighted by Crippen LogP contribution is 1.88. The topological polar surface area (TPSA) is 37.3 Å². The average molecular weight is 146 g/mol. The van der Waals surface area contributed by atoms with Crippen LogP contribution in [-0.4, -0.2) is 16.8 Å². The number of hydrogen-bond acceptors (Lipinski definition) is 2. The van der Waals surface area contributed by atoms with Gasteiger partial charge in [-0.3, -0.25) is 4.79 Å². The lowest BCUT2D eigenvalue weighted by Gasteiger charge is -1.82. The van der Waals surface area contributed by atoms with Crippen LogP contribution in [0.2, 0.25) is 0 Å². The molecule has 0 aliphatic heterocycles. The van der Waals surface area contributed by atoms with E-state index in [2.05, 4.69) is 12.6 Å². The van der Waals surface area contributed by atoms with Crippen molar-refractivity contribution in [2.24, 2.45) is 0 Å². The van der Waals surface area contributed by atoms with Crippen LogP contribution in [0.25, 0.3) is 0 Å². The Balaban J connectivity index is 3.14. The lowest BCUT2D eigenvalue weighted by Crippen LogP contribution is -1.89. The minimum atomic E-state index is -0.787. The molecule has 0 rings (SSSR count). The van der Waals surface area contributed by atoms with E-state index in [-0.39, 0.29) is 6.42 Å². The molecule has 0 aliphatic carbocycles. The number of carboxylic acid groups (broad SMARTS) is 1. The second kappa shape index (κ2) is 5.69. The highest BCUT2D eigenvalue weighted by Gasteiger charge is 1.87. The SMILES string of the molecule is O=C(O)C/C=C\CCS. The number of aliphatic carboxylic acids is 1. The van der Waals surface area contributed by atoms with Gasteiger partial charge in [0.05, 0.1) is 6.42 Å². The van der Waals surface area contributed by atoms with Crippen LogP contribution in [0.3, 0.4) is 0 Å². The molecule has 0 aromatic carbocycles. The van der Waals surface area contributed by atoms with Gasteiger partial charge in [0, 0.05) is 0 Å². The molecule has 2 nitrogen and oxygen atoms in total. The maximum absolute atomic E-state index is 9.89. The monoisotopic (exact) mass is 146 g/mol. The Labute approximate surface area is 60.0 Å². The molecule has 52 valence electrons. The summed E-state index contributed by atoms with van der Waals surface area (Å²) in [5, 5.41) is 8.14. The molecular formula is C6H10O2S. The van der Waals surface area contributed by atoms with Gasteiger partial charge in [0.2, 0.25) is 0 Å². The smallest absolute Gasteiger partial charge is 0.307 e. The molecule has 0 unspecified atom stereocenters. The molecule has 0 radical (unpaired) electrons. The number of allylic oxidation sites excluding steroid dienone is 1. The first-order valence-electron chi connectivity index (χ1n) is 2.75. The van der Waals surface area contributed by atoms with Gasteiger partial charge in [-0.05, 0) is 12.2 Å². The summed E-state index contributed by atoms with van der Waals surface area (Å²) in [6, 6.07) is 0. The van der Waals surface area contributed by atoms with Gasteiger partial charge in [0.25, 0.3) is 0 Å². The van der Waals surface area contributed by atoms with E-state index in [1.54, 1.807) is 6.08 Å². The van der Waals surface area contributed by atoms with Gasteiger partial charge in [-0.25, -0.2) is 0 Å². The van der Waals surface area contributed by atoms with Crippen LogP contribution in [0.5, 0.6) is 0 Å². The van der Waals surface area contributed by atoms with Crippen molar-refractivity contribution in [2.75, 3.05) is 5.75 Å². The molecule has 0 spiro atoms. The van der Waals surface area contributed by atoms with Crippen LogP contribution < -0.4 is 0 Å². The van der Waals surface area contributed by atoms with E-state index >= 15 is 0 Å². The maximum Gasteiger partial charge on any atom is 0.307 e. The van der Waals surface area contributed by atoms with Gasteiger partial charge < -0.3 is 5.11 Å². The second-order valence-corrected chi connectivity index (χ2v) is 2.03. The zero-order chi connectivity index (χ0) is 7.11. The third kappa shape index (κ3) is 7.56. The zero-order valence-corrected chi connectivity index (χ0v) is 5.97. The van der Waals surface area contributed by atoms with Crippen molar-refractivity contribution >= 4 is 18.6 Å². The third-order valence-corrected chi connectivity index (χ3v) is 1.01. The van der Waals surface area contributed by atoms with E-state index in [0.717, 1.165) is 12.2 Å². The number of rotatable bonds is 4. The van der Waals surface area contributed by atoms with Gasteiger partial charge in [-0.15, -0.1) is 0 Å². The van der Waals surface area contributed by atoms with E-state index in [4.69, 9.17) is 5.11 Å². The van der Waals surface area contributed by atoms with Gasteiger partial charge in [0.1, 0.15) is 0 Å². The van der Waals surface area contributed by atoms with E-state index in [0.29, 0.717) is 0 Å². The molecule has 0 aliphatic rings. The molecule has 0 heterocycles. The molecule has 9 heavy (non-hydrogen) atoms. The van der Waals surface area contributed by atoms with Crippen LogP contribution in [0.1, 0.15) is 12.8 Å². The molecule has 0 bridgehead atoms. The van der Waals surface area contributed by atoms with E-state index in [1.165, 1.54) is 0 Å². The summed E-state index contributed by atoms with van der Waals surface area (Å²) in [7, 11) is 0. The minimum absolute atomic E-state index is 0.119. The van der Waals surface area contributed by atoms with Crippen molar-refractivity contribution in [1.29, 1.82) is 0 Å². The lowest BCUT2D eigenvalue weighted by molar-refractivity contribution is -0.136. The normalized spacial score (nSPS) is 10.3. The molecule has 0 amide bonds. The Kier molecular flexibility index (Phi) is 5.41. The van der Waals surface area contributed by atoms with Crippen LogP contribution in [-0.2, 0) is 4.79 Å². The lowest BCUT2D eigenvalue weighted by atomic mass is 10.3. The van der Waals surface area contributed by atoms with Crippen LogP contribution >= 0.6 is 12.6 Å². The Hall–Kier alpha value is -0.440. The summed E-state index contributed by atoms with van der Waals surface area (Å²) >= 11 is 3.95. The molecule has 1 N–H and O–H groups in total. The summed E-state index contributed by atoms with van der Waals surface area (Å²) in [4.78, 5) is 9.89. The molecule has 3 heteroatoms. The predicted octanol–water partition coefficient (Wildman–Crippen LogP) is 1.34. The van der Waals surface area contributed by atoms with Gasteiger partial charge in [-0.2, -0.15) is 12.6 Å². The summed E-state index contributed by atoms with van der Waals surface area (Å²) in [5.74, 6) is -0.0127. The van der Waals surface area contributed by atoms with Crippen molar-refractivity contribution in [3.63, 3.8) is 0 Å². The fourth-order valence-corrected chi connectivity index (χ4v) is 0.526. The fraction of sp³-hybridized carbons (Fsp3) is 0.500. The Morgan fingerprint density at radius 3 is 2.67 bits per heavy atom. The largest absolute Gasteiger partial charge is 0.481 e. The van der Waals surface area contributed by atoms with Gasteiger partial charge >= 0.3 is 5.97 Å². The third-order valence-electron chi connectivity index (χ3n) is 0.755. The first-order valence-corrected chi connectivity index (χ1v) is 3.38. The van der Waals surface area contributed by atoms with Crippen molar-refractivity contribution in [1.82, 2.24) is 0 Å². The van der Waals surface area contributed by atoms with Crippen LogP contribution in [0.4, 0.5) is 0 Å². The van der Waals surface area contributed by atoms with Gasteiger partial charge in [-0.1, -0.05) is 12.2 Å². The number of thiol groups is 1. The molecule has 0 saturated heterocycles. The molecule has 0 aromatic rings. The summed E-state index contributed by atoms with van der Waals surface area (Å²) in [6.45, 7) is 0. The summed E-state index contributed by atoms with van der Waals surface area (Å²) < 4.78 is 0. The number of carboxylic acids is 1. The first-order chi connectivity index (χ1) is 4.27. The molecule has 0 fully saturated rings. The Morgan fingerprint density at radius 2 is 2.22 bits per heavy atom. The summed E-state index contributed by atoms with van der Waals surface area (Å²) in [5.41, 5.74) is 0. The highest BCUT2D eigenvalue weighted by molar-refractivity contribution is 7.80. The predicted molar refractivity (Wildman–Crippen MR) is 39.9 cm³/mol. The Bertz CT molecular complexity index is 110. The maximum atomic E-state index is 9.89. The van der Waals surface area contributed by atoms with Crippen molar-refractivity contribution in [3.8, 4) is 0 Å². The number of carbonyl (C=O) groups is 1. The standard InChI is InChI=1S/C6H10O2S/c7-6(8)4-2-1-3-5-9/h1-2,9H,3-5H2,(H,7,8)/b2-1-. The highest BCUT2D eigenvalue weighted by atomic mass is 32.1. The van der Waals surface area contributed by atoms with Crippen molar-refractivity contribution in [2.45, 2.75) is 12.8 Å². The van der Waals surface area contributed by atoms with Crippen molar-refractivity contribution in [3.05, 3.63) is 12.2 Å².